The monoisotopic (exact) mass is 371 g/mol. The van der Waals surface area contributed by atoms with Crippen LogP contribution in [0.4, 0.5) is 5.00 Å². The van der Waals surface area contributed by atoms with Crippen LogP contribution in [-0.2, 0) is 22.5 Å². The van der Waals surface area contributed by atoms with Crippen LogP contribution in [0, 0.1) is 0 Å². The molecule has 0 radical (unpaired) electrons. The van der Waals surface area contributed by atoms with E-state index in [4.69, 9.17) is 4.74 Å². The first-order chi connectivity index (χ1) is 12.6. The molecule has 1 atom stereocenters. The normalized spacial score (nSPS) is 16.3. The molecule has 1 aliphatic rings. The van der Waals surface area contributed by atoms with Gasteiger partial charge in [0.25, 0.3) is 0 Å². The maximum atomic E-state index is 12.4. The summed E-state index contributed by atoms with van der Waals surface area (Å²) in [5.41, 5.74) is 2.51. The fraction of sp³-hybridized carbons (Fsp3) is 0.300. The van der Waals surface area contributed by atoms with Crippen LogP contribution in [0.2, 0.25) is 0 Å². The molecule has 2 N–H and O–H groups in total. The van der Waals surface area contributed by atoms with Crippen LogP contribution in [0.3, 0.4) is 0 Å². The number of benzene rings is 1. The number of nitrogens with one attached hydrogen (secondary N) is 2. The van der Waals surface area contributed by atoms with E-state index >= 15 is 0 Å². The molecule has 2 heterocycles. The Morgan fingerprint density at radius 1 is 1.31 bits per heavy atom. The fourth-order valence-corrected chi connectivity index (χ4v) is 4.37. The van der Waals surface area contributed by atoms with Crippen molar-refractivity contribution in [3.63, 3.8) is 0 Å². The SMILES string of the molecule is CCOC(=O)c1c(NC(=O)/C=C\c2ccccc2)sc2c1CC[NH+](C)C2. The Balaban J connectivity index is 1.83. The average Bonchev–Trinajstić information content (AvgIpc) is 2.98. The van der Waals surface area contributed by atoms with Gasteiger partial charge in [-0.15, -0.1) is 11.3 Å². The standard InChI is InChI=1S/C20H22N2O3S/c1-3-25-20(24)18-15-11-12-22(2)13-16(15)26-19(18)21-17(23)10-9-14-7-5-4-6-8-14/h4-10H,3,11-13H2,1-2H3,(H,21,23)/p+1/b10-9-. The highest BCUT2D eigenvalue weighted by Gasteiger charge is 2.29. The first-order valence-electron chi connectivity index (χ1n) is 8.75. The summed E-state index contributed by atoms with van der Waals surface area (Å²) >= 11 is 1.48. The second kappa shape index (κ2) is 8.29. The average molecular weight is 371 g/mol. The molecule has 0 saturated carbocycles. The Labute approximate surface area is 157 Å². The number of thiophene rings is 1. The number of likely N-dealkylation sites (N-methyl/N-ethyl adjacent to an activating group) is 1. The molecule has 0 fully saturated rings. The van der Waals surface area contributed by atoms with Crippen LogP contribution in [-0.4, -0.2) is 32.1 Å². The molecule has 1 aliphatic heterocycles. The Kier molecular flexibility index (Phi) is 5.85. The van der Waals surface area contributed by atoms with E-state index in [1.807, 2.05) is 30.3 Å². The Morgan fingerprint density at radius 3 is 2.81 bits per heavy atom. The van der Waals surface area contributed by atoms with Crippen LogP contribution in [0.5, 0.6) is 0 Å². The van der Waals surface area contributed by atoms with Crippen LogP contribution in [0.15, 0.2) is 36.4 Å². The number of esters is 1. The van der Waals surface area contributed by atoms with Gasteiger partial charge >= 0.3 is 5.97 Å². The summed E-state index contributed by atoms with van der Waals surface area (Å²) < 4.78 is 5.22. The number of amides is 1. The summed E-state index contributed by atoms with van der Waals surface area (Å²) in [6.45, 7) is 3.94. The van der Waals surface area contributed by atoms with E-state index < -0.39 is 0 Å². The second-order valence-electron chi connectivity index (χ2n) is 6.30. The molecule has 1 aromatic carbocycles. The predicted octanol–water partition coefficient (Wildman–Crippen LogP) is 2.15. The zero-order chi connectivity index (χ0) is 18.5. The van der Waals surface area contributed by atoms with Gasteiger partial charge in [0.05, 0.1) is 30.6 Å². The minimum Gasteiger partial charge on any atom is -0.462 e. The van der Waals surface area contributed by atoms with Crippen molar-refractivity contribution < 1.29 is 19.2 Å². The molecule has 2 aromatic rings. The van der Waals surface area contributed by atoms with E-state index in [0.29, 0.717) is 17.2 Å². The molecule has 6 heteroatoms. The summed E-state index contributed by atoms with van der Waals surface area (Å²) in [5.74, 6) is -0.606. The summed E-state index contributed by atoms with van der Waals surface area (Å²) in [4.78, 5) is 27.3. The second-order valence-corrected chi connectivity index (χ2v) is 7.40. The largest absolute Gasteiger partial charge is 0.462 e. The number of hydrogen-bond donors (Lipinski definition) is 2. The Bertz CT molecular complexity index is 827. The van der Waals surface area contributed by atoms with E-state index in [1.54, 1.807) is 13.0 Å². The van der Waals surface area contributed by atoms with Crippen molar-refractivity contribution in [1.82, 2.24) is 0 Å². The van der Waals surface area contributed by atoms with Gasteiger partial charge in [-0.3, -0.25) is 4.79 Å². The first-order valence-corrected chi connectivity index (χ1v) is 9.57. The molecule has 136 valence electrons. The highest BCUT2D eigenvalue weighted by molar-refractivity contribution is 7.17. The van der Waals surface area contributed by atoms with Gasteiger partial charge in [0.1, 0.15) is 11.5 Å². The number of carbonyl (C=O) groups is 2. The smallest absolute Gasteiger partial charge is 0.341 e. The summed E-state index contributed by atoms with van der Waals surface area (Å²) in [6, 6.07) is 9.62. The highest BCUT2D eigenvalue weighted by atomic mass is 32.1. The molecule has 1 aromatic heterocycles. The topological polar surface area (TPSA) is 59.8 Å². The van der Waals surface area contributed by atoms with Gasteiger partial charge in [-0.05, 0) is 24.1 Å². The quantitative estimate of drug-likeness (QED) is 0.625. The molecule has 0 bridgehead atoms. The van der Waals surface area contributed by atoms with Crippen molar-refractivity contribution in [2.75, 3.05) is 25.5 Å². The van der Waals surface area contributed by atoms with E-state index in [-0.39, 0.29) is 11.9 Å². The summed E-state index contributed by atoms with van der Waals surface area (Å²) in [7, 11) is 2.13. The molecule has 3 rings (SSSR count). The van der Waals surface area contributed by atoms with Gasteiger partial charge in [-0.25, -0.2) is 4.79 Å². The van der Waals surface area contributed by atoms with Crippen molar-refractivity contribution >= 4 is 34.3 Å². The highest BCUT2D eigenvalue weighted by Crippen LogP contribution is 2.35. The number of hydrogen-bond acceptors (Lipinski definition) is 4. The van der Waals surface area contributed by atoms with E-state index in [1.165, 1.54) is 22.3 Å². The first kappa shape index (κ1) is 18.4. The third kappa shape index (κ3) is 4.20. The lowest BCUT2D eigenvalue weighted by Gasteiger charge is -2.19. The lowest BCUT2D eigenvalue weighted by molar-refractivity contribution is -0.895. The zero-order valence-corrected chi connectivity index (χ0v) is 15.8. The van der Waals surface area contributed by atoms with E-state index in [0.717, 1.165) is 35.5 Å². The number of quaternary nitrogens is 1. The van der Waals surface area contributed by atoms with Gasteiger partial charge in [0, 0.05) is 12.5 Å². The lowest BCUT2D eigenvalue weighted by Crippen LogP contribution is -3.08. The number of rotatable bonds is 5. The van der Waals surface area contributed by atoms with Crippen molar-refractivity contribution in [2.45, 2.75) is 19.9 Å². The molecule has 0 spiro atoms. The maximum absolute atomic E-state index is 12.4. The van der Waals surface area contributed by atoms with Crippen molar-refractivity contribution in [2.24, 2.45) is 0 Å². The fourth-order valence-electron chi connectivity index (χ4n) is 3.02. The van der Waals surface area contributed by atoms with Crippen LogP contribution < -0.4 is 10.2 Å². The molecule has 5 nitrogen and oxygen atoms in total. The van der Waals surface area contributed by atoms with E-state index in [2.05, 4.69) is 12.4 Å². The minimum atomic E-state index is -0.355. The van der Waals surface area contributed by atoms with Crippen LogP contribution in [0.1, 0.15) is 33.3 Å². The number of ether oxygens (including phenoxy) is 1. The Morgan fingerprint density at radius 2 is 2.08 bits per heavy atom. The lowest BCUT2D eigenvalue weighted by atomic mass is 10.0. The molecule has 26 heavy (non-hydrogen) atoms. The summed E-state index contributed by atoms with van der Waals surface area (Å²) in [6.07, 6.45) is 4.06. The molecular formula is C20H23N2O3S+. The van der Waals surface area contributed by atoms with Gasteiger partial charge in [-0.2, -0.15) is 0 Å². The predicted molar refractivity (Wildman–Crippen MR) is 104 cm³/mol. The number of fused-ring (bicyclic) bond motifs is 1. The van der Waals surface area contributed by atoms with Gasteiger partial charge < -0.3 is 15.0 Å². The van der Waals surface area contributed by atoms with Gasteiger partial charge in [0.15, 0.2) is 0 Å². The maximum Gasteiger partial charge on any atom is 0.341 e. The minimum absolute atomic E-state index is 0.251. The van der Waals surface area contributed by atoms with Crippen LogP contribution >= 0.6 is 11.3 Å². The van der Waals surface area contributed by atoms with Crippen molar-refractivity contribution in [1.29, 1.82) is 0 Å². The molecule has 0 aliphatic carbocycles. The number of anilines is 1. The molecule has 1 amide bonds. The molecular weight excluding hydrogens is 348 g/mol. The third-order valence-corrected chi connectivity index (χ3v) is 5.45. The van der Waals surface area contributed by atoms with Crippen molar-refractivity contribution in [3.05, 3.63) is 58.0 Å². The molecule has 1 unspecified atom stereocenters. The zero-order valence-electron chi connectivity index (χ0n) is 15.0. The summed E-state index contributed by atoms with van der Waals surface area (Å²) in [5, 5.41) is 3.46. The Hall–Kier alpha value is -2.44. The molecule has 0 saturated heterocycles. The third-order valence-electron chi connectivity index (χ3n) is 4.30. The van der Waals surface area contributed by atoms with E-state index in [9.17, 15) is 9.59 Å². The van der Waals surface area contributed by atoms with Crippen LogP contribution in [0.25, 0.3) is 6.08 Å². The van der Waals surface area contributed by atoms with Gasteiger partial charge in [0.2, 0.25) is 5.91 Å². The number of carbonyl (C=O) groups excluding carboxylic acids is 2. The van der Waals surface area contributed by atoms with Gasteiger partial charge in [-0.1, -0.05) is 30.3 Å². The van der Waals surface area contributed by atoms with Crippen molar-refractivity contribution in [3.8, 4) is 0 Å².